The zero-order valence-corrected chi connectivity index (χ0v) is 15.9. The van der Waals surface area contributed by atoms with Crippen LogP contribution in [0.2, 0.25) is 0 Å². The van der Waals surface area contributed by atoms with E-state index in [9.17, 15) is 4.79 Å². The molecule has 0 spiro atoms. The Kier molecular flexibility index (Phi) is 6.10. The summed E-state index contributed by atoms with van der Waals surface area (Å²) < 4.78 is 0. The molecule has 1 fully saturated rings. The van der Waals surface area contributed by atoms with Crippen LogP contribution in [-0.2, 0) is 11.3 Å². The first-order valence-electron chi connectivity index (χ1n) is 9.08. The van der Waals surface area contributed by atoms with E-state index in [4.69, 9.17) is 0 Å². The van der Waals surface area contributed by atoms with Crippen molar-refractivity contribution in [1.82, 2.24) is 0 Å². The minimum atomic E-state index is 0.0635. The summed E-state index contributed by atoms with van der Waals surface area (Å²) in [5.74, 6) is 0.900. The molecule has 1 aromatic carbocycles. The van der Waals surface area contributed by atoms with E-state index in [1.165, 1.54) is 28.3 Å². The van der Waals surface area contributed by atoms with Gasteiger partial charge < -0.3 is 15.1 Å². The lowest BCUT2D eigenvalue weighted by Crippen LogP contribution is -3.08. The molecule has 0 saturated carbocycles. The SMILES string of the molecule is CC1CCN(c2ccc(NC(=O)C[NH+](C)Cc3cccs3)cc2)CC1. The van der Waals surface area contributed by atoms with Crippen LogP contribution in [0.4, 0.5) is 11.4 Å². The quantitative estimate of drug-likeness (QED) is 0.833. The second-order valence-electron chi connectivity index (χ2n) is 7.15. The van der Waals surface area contributed by atoms with E-state index in [-0.39, 0.29) is 5.91 Å². The van der Waals surface area contributed by atoms with Crippen LogP contribution in [0.15, 0.2) is 41.8 Å². The molecule has 1 amide bonds. The molecule has 0 radical (unpaired) electrons. The smallest absolute Gasteiger partial charge is 0.279 e. The molecule has 1 aliphatic rings. The fourth-order valence-corrected chi connectivity index (χ4v) is 4.09. The summed E-state index contributed by atoms with van der Waals surface area (Å²) >= 11 is 1.74. The lowest BCUT2D eigenvalue weighted by Gasteiger charge is -2.32. The van der Waals surface area contributed by atoms with Gasteiger partial charge in [0, 0.05) is 24.5 Å². The van der Waals surface area contributed by atoms with E-state index in [1.54, 1.807) is 11.3 Å². The van der Waals surface area contributed by atoms with Crippen LogP contribution in [0.1, 0.15) is 24.6 Å². The Balaban J connectivity index is 1.48. The maximum absolute atomic E-state index is 12.2. The summed E-state index contributed by atoms with van der Waals surface area (Å²) in [6.07, 6.45) is 2.52. The number of amides is 1. The number of thiophene rings is 1. The number of rotatable bonds is 6. The molecule has 134 valence electrons. The van der Waals surface area contributed by atoms with Gasteiger partial charge in [0.2, 0.25) is 0 Å². The molecule has 2 heterocycles. The Hall–Kier alpha value is -1.85. The number of piperidine rings is 1. The largest absolute Gasteiger partial charge is 0.372 e. The Morgan fingerprint density at radius 3 is 2.60 bits per heavy atom. The van der Waals surface area contributed by atoms with Gasteiger partial charge in [-0.25, -0.2) is 0 Å². The molecule has 25 heavy (non-hydrogen) atoms. The third kappa shape index (κ3) is 5.31. The second kappa shape index (κ2) is 8.50. The number of nitrogens with zero attached hydrogens (tertiary/aromatic N) is 1. The van der Waals surface area contributed by atoms with Crippen molar-refractivity contribution in [3.8, 4) is 0 Å². The van der Waals surface area contributed by atoms with Gasteiger partial charge in [-0.3, -0.25) is 4.79 Å². The lowest BCUT2D eigenvalue weighted by atomic mass is 9.99. The van der Waals surface area contributed by atoms with E-state index >= 15 is 0 Å². The summed E-state index contributed by atoms with van der Waals surface area (Å²) in [6.45, 7) is 5.95. The van der Waals surface area contributed by atoms with Crippen molar-refractivity contribution in [3.63, 3.8) is 0 Å². The normalized spacial score (nSPS) is 16.6. The van der Waals surface area contributed by atoms with Crippen molar-refractivity contribution in [2.75, 3.05) is 36.9 Å². The monoisotopic (exact) mass is 358 g/mol. The summed E-state index contributed by atoms with van der Waals surface area (Å²) in [6, 6.07) is 12.4. The summed E-state index contributed by atoms with van der Waals surface area (Å²) in [4.78, 5) is 17.2. The van der Waals surface area contributed by atoms with Crippen molar-refractivity contribution in [2.45, 2.75) is 26.3 Å². The topological polar surface area (TPSA) is 36.8 Å². The van der Waals surface area contributed by atoms with Gasteiger partial charge in [-0.05, 0) is 54.5 Å². The van der Waals surface area contributed by atoms with Crippen LogP contribution in [0.25, 0.3) is 0 Å². The summed E-state index contributed by atoms with van der Waals surface area (Å²) in [5, 5.41) is 5.09. The Morgan fingerprint density at radius 2 is 1.96 bits per heavy atom. The number of carbonyl (C=O) groups excluding carboxylic acids is 1. The average molecular weight is 359 g/mol. The highest BCUT2D eigenvalue weighted by atomic mass is 32.1. The number of quaternary nitrogens is 1. The van der Waals surface area contributed by atoms with Gasteiger partial charge in [0.05, 0.1) is 11.9 Å². The van der Waals surface area contributed by atoms with Gasteiger partial charge in [0.15, 0.2) is 6.54 Å². The molecule has 0 aliphatic carbocycles. The van der Waals surface area contributed by atoms with Crippen LogP contribution in [0.5, 0.6) is 0 Å². The zero-order valence-electron chi connectivity index (χ0n) is 15.1. The van der Waals surface area contributed by atoms with Crippen LogP contribution >= 0.6 is 11.3 Å². The van der Waals surface area contributed by atoms with Crippen molar-refractivity contribution in [2.24, 2.45) is 5.92 Å². The van der Waals surface area contributed by atoms with Gasteiger partial charge in [-0.2, -0.15) is 0 Å². The summed E-state index contributed by atoms with van der Waals surface area (Å²) in [7, 11) is 2.06. The van der Waals surface area contributed by atoms with Crippen molar-refractivity contribution >= 4 is 28.6 Å². The highest BCUT2D eigenvalue weighted by Gasteiger charge is 2.16. The van der Waals surface area contributed by atoms with Crippen molar-refractivity contribution in [1.29, 1.82) is 0 Å². The van der Waals surface area contributed by atoms with Gasteiger partial charge in [-0.15, -0.1) is 11.3 Å². The molecule has 2 aromatic rings. The van der Waals surface area contributed by atoms with Gasteiger partial charge in [-0.1, -0.05) is 13.0 Å². The number of anilines is 2. The molecule has 4 nitrogen and oxygen atoms in total. The van der Waals surface area contributed by atoms with Gasteiger partial charge in [0.25, 0.3) is 5.91 Å². The van der Waals surface area contributed by atoms with Crippen LogP contribution in [-0.4, -0.2) is 32.6 Å². The first-order valence-corrected chi connectivity index (χ1v) is 9.96. The average Bonchev–Trinajstić information content (AvgIpc) is 3.09. The first kappa shape index (κ1) is 18.0. The van der Waals surface area contributed by atoms with Crippen molar-refractivity contribution in [3.05, 3.63) is 46.7 Å². The third-order valence-corrected chi connectivity index (χ3v) is 5.69. The van der Waals surface area contributed by atoms with Gasteiger partial charge in [0.1, 0.15) is 6.54 Å². The van der Waals surface area contributed by atoms with Gasteiger partial charge >= 0.3 is 0 Å². The lowest BCUT2D eigenvalue weighted by molar-refractivity contribution is -0.884. The molecule has 1 aromatic heterocycles. The van der Waals surface area contributed by atoms with Crippen LogP contribution < -0.4 is 15.1 Å². The molecule has 1 aliphatic heterocycles. The molecular weight excluding hydrogens is 330 g/mol. The molecular formula is C20H28N3OS+. The number of benzene rings is 1. The molecule has 3 rings (SSSR count). The van der Waals surface area contributed by atoms with E-state index in [0.29, 0.717) is 6.54 Å². The number of hydrogen-bond acceptors (Lipinski definition) is 3. The number of likely N-dealkylation sites (N-methyl/N-ethyl adjacent to an activating group) is 1. The number of hydrogen-bond donors (Lipinski definition) is 2. The summed E-state index contributed by atoms with van der Waals surface area (Å²) in [5.41, 5.74) is 2.13. The van der Waals surface area contributed by atoms with E-state index in [2.05, 4.69) is 53.8 Å². The molecule has 1 saturated heterocycles. The Morgan fingerprint density at radius 1 is 1.24 bits per heavy atom. The van der Waals surface area contributed by atoms with E-state index < -0.39 is 0 Å². The van der Waals surface area contributed by atoms with Crippen molar-refractivity contribution < 1.29 is 9.69 Å². The van der Waals surface area contributed by atoms with Crippen LogP contribution in [0, 0.1) is 5.92 Å². The predicted molar refractivity (Wildman–Crippen MR) is 105 cm³/mol. The fraction of sp³-hybridized carbons (Fsp3) is 0.450. The van der Waals surface area contributed by atoms with E-state index in [1.807, 2.05) is 12.1 Å². The van der Waals surface area contributed by atoms with Crippen LogP contribution in [0.3, 0.4) is 0 Å². The molecule has 0 bridgehead atoms. The fourth-order valence-electron chi connectivity index (χ4n) is 3.27. The molecule has 2 N–H and O–H groups in total. The zero-order chi connectivity index (χ0) is 17.6. The highest BCUT2D eigenvalue weighted by molar-refractivity contribution is 7.09. The first-order chi connectivity index (χ1) is 12.1. The molecule has 1 unspecified atom stereocenters. The maximum atomic E-state index is 12.2. The Bertz CT molecular complexity index is 661. The highest BCUT2D eigenvalue weighted by Crippen LogP contribution is 2.24. The third-order valence-electron chi connectivity index (χ3n) is 4.82. The molecule has 1 atom stereocenters. The predicted octanol–water partition coefficient (Wildman–Crippen LogP) is 2.64. The van der Waals surface area contributed by atoms with E-state index in [0.717, 1.165) is 31.2 Å². The standard InChI is InChI=1S/C20H27N3OS/c1-16-9-11-23(12-10-16)18-7-5-17(6-8-18)21-20(24)15-22(2)14-19-4-3-13-25-19/h3-8,13,16H,9-12,14-15H2,1-2H3,(H,21,24)/p+1. The minimum absolute atomic E-state index is 0.0635. The minimum Gasteiger partial charge on any atom is -0.372 e. The molecule has 5 heteroatoms. The number of carbonyl (C=O) groups is 1. The second-order valence-corrected chi connectivity index (χ2v) is 8.19. The number of nitrogens with one attached hydrogen (secondary N) is 2. The maximum Gasteiger partial charge on any atom is 0.279 e. The Labute approximate surface area is 154 Å².